The number of halogens is 1. The van der Waals surface area contributed by atoms with Gasteiger partial charge in [-0.15, -0.1) is 0 Å². The molecule has 1 amide bonds. The van der Waals surface area contributed by atoms with E-state index in [1.165, 1.54) is 31.4 Å². The Morgan fingerprint density at radius 2 is 1.81 bits per heavy atom. The van der Waals surface area contributed by atoms with Crippen LogP contribution < -0.4 is 14.8 Å². The van der Waals surface area contributed by atoms with Crippen LogP contribution in [0.2, 0.25) is 0 Å². The number of fused-ring (bicyclic) bond motifs is 1. The summed E-state index contributed by atoms with van der Waals surface area (Å²) in [5.74, 6) is -0.878. The van der Waals surface area contributed by atoms with Crippen molar-refractivity contribution in [3.05, 3.63) is 106 Å². The van der Waals surface area contributed by atoms with E-state index in [2.05, 4.69) is 21.2 Å². The van der Waals surface area contributed by atoms with Crippen LogP contribution in [-0.2, 0) is 11.4 Å². The molecule has 37 heavy (non-hydrogen) atoms. The lowest BCUT2D eigenvalue weighted by atomic mass is 10.1. The number of carboxylic acids is 1. The molecular weight excluding hydrogens is 536 g/mol. The van der Waals surface area contributed by atoms with Crippen LogP contribution in [0.3, 0.4) is 0 Å². The van der Waals surface area contributed by atoms with E-state index in [-0.39, 0.29) is 16.8 Å². The number of aromatic carboxylic acids is 1. The quantitative estimate of drug-likeness (QED) is 0.191. The maximum Gasteiger partial charge on any atom is 0.335 e. The van der Waals surface area contributed by atoms with Gasteiger partial charge in [-0.1, -0.05) is 48.5 Å². The Morgan fingerprint density at radius 1 is 1.05 bits per heavy atom. The lowest BCUT2D eigenvalue weighted by Crippen LogP contribution is -2.14. The molecule has 0 fully saturated rings. The Hall–Kier alpha value is -4.61. The molecule has 0 saturated heterocycles. The summed E-state index contributed by atoms with van der Waals surface area (Å²) in [6, 6.07) is 25.1. The first kappa shape index (κ1) is 25.5. The fourth-order valence-corrected chi connectivity index (χ4v) is 4.35. The molecule has 4 aromatic carbocycles. The molecule has 2 N–H and O–H groups in total. The topological polar surface area (TPSA) is 109 Å². The third-order valence-corrected chi connectivity index (χ3v) is 6.14. The number of anilines is 1. The van der Waals surface area contributed by atoms with Crippen molar-refractivity contribution in [1.82, 2.24) is 0 Å². The predicted octanol–water partition coefficient (Wildman–Crippen LogP) is 6.43. The van der Waals surface area contributed by atoms with Crippen LogP contribution in [0.25, 0.3) is 16.8 Å². The van der Waals surface area contributed by atoms with Crippen molar-refractivity contribution in [2.75, 3.05) is 12.4 Å². The number of amides is 1. The zero-order valence-electron chi connectivity index (χ0n) is 19.7. The number of carbonyl (C=O) groups excluding carboxylic acids is 1. The summed E-state index contributed by atoms with van der Waals surface area (Å²) in [6.45, 7) is 0.312. The summed E-state index contributed by atoms with van der Waals surface area (Å²) in [5.41, 5.74) is 1.67. The molecule has 0 bridgehead atoms. The Labute approximate surface area is 221 Å². The molecule has 8 heteroatoms. The van der Waals surface area contributed by atoms with Crippen molar-refractivity contribution in [2.24, 2.45) is 0 Å². The minimum absolute atomic E-state index is 0.0213. The number of hydrogen-bond donors (Lipinski definition) is 2. The molecule has 0 radical (unpaired) electrons. The van der Waals surface area contributed by atoms with E-state index in [4.69, 9.17) is 14.6 Å². The molecule has 7 nitrogen and oxygen atoms in total. The zero-order valence-corrected chi connectivity index (χ0v) is 21.3. The standard InChI is InChI=1S/C29H21BrN2O5/c1-36-26-14-18(12-22(16-31)28(33)32-23-10-5-8-20(15-23)29(34)35)13-25(30)27(26)37-17-21-9-4-7-19-6-2-3-11-24(19)21/h2-15H,17H2,1H3,(H,32,33)(H,34,35)/b22-12+. The Balaban J connectivity index is 1.56. The van der Waals surface area contributed by atoms with Gasteiger partial charge >= 0.3 is 5.97 Å². The van der Waals surface area contributed by atoms with Crippen LogP contribution in [0.5, 0.6) is 11.5 Å². The SMILES string of the molecule is COc1cc(/C=C(\C#N)C(=O)Nc2cccc(C(=O)O)c2)cc(Br)c1OCc1cccc2ccccc12. The Morgan fingerprint density at radius 3 is 2.57 bits per heavy atom. The normalized spacial score (nSPS) is 11.0. The highest BCUT2D eigenvalue weighted by atomic mass is 79.9. The van der Waals surface area contributed by atoms with E-state index in [1.54, 1.807) is 18.2 Å². The number of ether oxygens (including phenoxy) is 2. The number of nitrogens with zero attached hydrogens (tertiary/aromatic N) is 1. The van der Waals surface area contributed by atoms with Crippen molar-refractivity contribution < 1.29 is 24.2 Å². The molecule has 0 aliphatic heterocycles. The van der Waals surface area contributed by atoms with Gasteiger partial charge in [0.05, 0.1) is 17.1 Å². The fraction of sp³-hybridized carbons (Fsp3) is 0.0690. The second-order valence-electron chi connectivity index (χ2n) is 7.97. The molecule has 0 aliphatic rings. The van der Waals surface area contributed by atoms with Gasteiger partial charge in [-0.2, -0.15) is 5.26 Å². The van der Waals surface area contributed by atoms with Gasteiger partial charge in [0.1, 0.15) is 18.2 Å². The molecule has 0 aromatic heterocycles. The van der Waals surface area contributed by atoms with Gasteiger partial charge in [-0.05, 0) is 74.2 Å². The number of nitrogens with one attached hydrogen (secondary N) is 1. The molecule has 0 saturated carbocycles. The highest BCUT2D eigenvalue weighted by Crippen LogP contribution is 2.38. The van der Waals surface area contributed by atoms with E-state index < -0.39 is 11.9 Å². The molecule has 4 rings (SSSR count). The fourth-order valence-electron chi connectivity index (χ4n) is 3.78. The molecule has 0 spiro atoms. The number of nitriles is 1. The highest BCUT2D eigenvalue weighted by Gasteiger charge is 2.15. The number of hydrogen-bond acceptors (Lipinski definition) is 5. The Kier molecular flexibility index (Phi) is 7.86. The second kappa shape index (κ2) is 11.4. The summed E-state index contributed by atoms with van der Waals surface area (Å²) in [6.07, 6.45) is 1.41. The number of methoxy groups -OCH3 is 1. The summed E-state index contributed by atoms with van der Waals surface area (Å²) < 4.78 is 12.2. The van der Waals surface area contributed by atoms with Gasteiger partial charge in [0.15, 0.2) is 11.5 Å². The van der Waals surface area contributed by atoms with Crippen molar-refractivity contribution in [3.8, 4) is 17.6 Å². The van der Waals surface area contributed by atoms with E-state index in [0.29, 0.717) is 28.1 Å². The maximum absolute atomic E-state index is 12.7. The first-order chi connectivity index (χ1) is 17.9. The van der Waals surface area contributed by atoms with Crippen molar-refractivity contribution in [3.63, 3.8) is 0 Å². The Bertz CT molecular complexity index is 1570. The number of carboxylic acid groups (broad SMARTS) is 1. The summed E-state index contributed by atoms with van der Waals surface area (Å²) in [5, 5.41) is 23.5. The van der Waals surface area contributed by atoms with Gasteiger partial charge in [-0.3, -0.25) is 4.79 Å². The van der Waals surface area contributed by atoms with Crippen molar-refractivity contribution in [1.29, 1.82) is 5.26 Å². The van der Waals surface area contributed by atoms with Gasteiger partial charge in [0.25, 0.3) is 5.91 Å². The van der Waals surface area contributed by atoms with Crippen LogP contribution in [0.15, 0.2) is 88.9 Å². The molecule has 184 valence electrons. The van der Waals surface area contributed by atoms with E-state index in [9.17, 15) is 14.9 Å². The van der Waals surface area contributed by atoms with Crippen LogP contribution in [0.4, 0.5) is 5.69 Å². The van der Waals surface area contributed by atoms with Crippen LogP contribution in [0.1, 0.15) is 21.5 Å². The predicted molar refractivity (Wildman–Crippen MR) is 145 cm³/mol. The third kappa shape index (κ3) is 5.97. The van der Waals surface area contributed by atoms with Gasteiger partial charge in [0.2, 0.25) is 0 Å². The lowest BCUT2D eigenvalue weighted by Gasteiger charge is -2.15. The number of carbonyl (C=O) groups is 2. The largest absolute Gasteiger partial charge is 0.493 e. The number of rotatable bonds is 8. The highest BCUT2D eigenvalue weighted by molar-refractivity contribution is 9.10. The average Bonchev–Trinajstić information content (AvgIpc) is 2.90. The van der Waals surface area contributed by atoms with E-state index in [0.717, 1.165) is 16.3 Å². The maximum atomic E-state index is 12.7. The van der Waals surface area contributed by atoms with E-state index >= 15 is 0 Å². The first-order valence-electron chi connectivity index (χ1n) is 11.1. The van der Waals surface area contributed by atoms with Gasteiger partial charge < -0.3 is 19.9 Å². The summed E-state index contributed by atoms with van der Waals surface area (Å²) in [7, 11) is 1.51. The summed E-state index contributed by atoms with van der Waals surface area (Å²) in [4.78, 5) is 23.9. The third-order valence-electron chi connectivity index (χ3n) is 5.55. The lowest BCUT2D eigenvalue weighted by molar-refractivity contribution is -0.112. The average molecular weight is 557 g/mol. The molecular formula is C29H21BrN2O5. The van der Waals surface area contributed by atoms with Crippen LogP contribution >= 0.6 is 15.9 Å². The van der Waals surface area contributed by atoms with Crippen molar-refractivity contribution >= 4 is 50.3 Å². The zero-order chi connectivity index (χ0) is 26.4. The molecule has 4 aromatic rings. The molecule has 0 atom stereocenters. The summed E-state index contributed by atoms with van der Waals surface area (Å²) >= 11 is 3.51. The first-order valence-corrected chi connectivity index (χ1v) is 11.9. The minimum Gasteiger partial charge on any atom is -0.493 e. The molecule has 0 heterocycles. The number of benzene rings is 4. The molecule has 0 unspecified atom stereocenters. The minimum atomic E-state index is -1.12. The monoisotopic (exact) mass is 556 g/mol. The van der Waals surface area contributed by atoms with Crippen LogP contribution in [0, 0.1) is 11.3 Å². The van der Waals surface area contributed by atoms with Gasteiger partial charge in [-0.25, -0.2) is 4.79 Å². The second-order valence-corrected chi connectivity index (χ2v) is 8.83. The molecule has 0 aliphatic carbocycles. The smallest absolute Gasteiger partial charge is 0.335 e. The van der Waals surface area contributed by atoms with Crippen molar-refractivity contribution in [2.45, 2.75) is 6.61 Å². The van der Waals surface area contributed by atoms with Crippen LogP contribution in [-0.4, -0.2) is 24.1 Å². The van der Waals surface area contributed by atoms with E-state index in [1.807, 2.05) is 48.5 Å². The van der Waals surface area contributed by atoms with Gasteiger partial charge in [0, 0.05) is 5.69 Å².